The third-order valence-electron chi connectivity index (χ3n) is 3.33. The first-order valence-electron chi connectivity index (χ1n) is 6.91. The molecule has 0 aliphatic carbocycles. The third-order valence-corrected chi connectivity index (χ3v) is 3.33. The molecule has 0 atom stereocenters. The largest absolute Gasteiger partial charge is 0.260 e. The molecule has 0 fully saturated rings. The summed E-state index contributed by atoms with van der Waals surface area (Å²) in [5.41, 5.74) is 0.354. The van der Waals surface area contributed by atoms with Crippen molar-refractivity contribution >= 4 is 21.5 Å². The molecule has 0 bridgehead atoms. The molecule has 0 unspecified atom stereocenters. The first-order chi connectivity index (χ1) is 10.9. The fraction of sp³-hybridized carbons (Fsp3) is 0. The topological polar surface area (TPSA) is 49.6 Å². The molecule has 1 aromatic heterocycles. The van der Waals surface area contributed by atoms with Crippen LogP contribution in [0.4, 0.5) is 0 Å². The molecule has 0 aliphatic heterocycles. The van der Waals surface area contributed by atoms with E-state index in [4.69, 9.17) is 5.26 Å². The maximum Gasteiger partial charge on any atom is 0.158 e. The summed E-state index contributed by atoms with van der Waals surface area (Å²) in [7, 11) is 0. The van der Waals surface area contributed by atoms with Crippen LogP contribution in [0.5, 0.6) is 0 Å². The van der Waals surface area contributed by atoms with E-state index >= 15 is 0 Å². The van der Waals surface area contributed by atoms with Gasteiger partial charge in [-0.15, -0.1) is 0 Å². The van der Waals surface area contributed by atoms with Crippen molar-refractivity contribution < 1.29 is 0 Å². The summed E-state index contributed by atoms with van der Waals surface area (Å²) >= 11 is 0. The van der Waals surface area contributed by atoms with Crippen molar-refractivity contribution in [1.82, 2.24) is 9.97 Å². The van der Waals surface area contributed by atoms with Crippen LogP contribution in [-0.2, 0) is 0 Å². The van der Waals surface area contributed by atoms with Crippen molar-refractivity contribution in [3.63, 3.8) is 0 Å². The van der Waals surface area contributed by atoms with E-state index in [0.717, 1.165) is 0 Å². The van der Waals surface area contributed by atoms with Gasteiger partial charge in [0.2, 0.25) is 0 Å². The van der Waals surface area contributed by atoms with E-state index in [1.165, 1.54) is 40.1 Å². The van der Waals surface area contributed by atoms with Gasteiger partial charge in [0.15, 0.2) is 5.69 Å². The molecule has 0 saturated carbocycles. The zero-order chi connectivity index (χ0) is 15.2. The molecular formula is C19H13N3. The summed E-state index contributed by atoms with van der Waals surface area (Å²) in [4.78, 5) is 7.34. The van der Waals surface area contributed by atoms with Crippen molar-refractivity contribution in [2.45, 2.75) is 0 Å². The van der Waals surface area contributed by atoms with Gasteiger partial charge in [0.1, 0.15) is 6.07 Å². The van der Waals surface area contributed by atoms with E-state index in [1.807, 2.05) is 6.07 Å². The van der Waals surface area contributed by atoms with E-state index in [2.05, 4.69) is 70.6 Å². The molecule has 4 rings (SSSR count). The molecule has 0 saturated heterocycles. The Morgan fingerprint density at radius 1 is 0.727 bits per heavy atom. The minimum atomic E-state index is 0.354. The summed E-state index contributed by atoms with van der Waals surface area (Å²) in [6.45, 7) is 0. The molecule has 104 valence electrons. The number of nitriles is 1. The Balaban J connectivity index is 0.000000154. The summed E-state index contributed by atoms with van der Waals surface area (Å²) in [5.74, 6) is 0. The number of rotatable bonds is 0. The normalized spacial score (nSPS) is 9.77. The molecule has 22 heavy (non-hydrogen) atoms. The summed E-state index contributed by atoms with van der Waals surface area (Å²) < 4.78 is 0. The Morgan fingerprint density at radius 3 is 1.77 bits per heavy atom. The van der Waals surface area contributed by atoms with Gasteiger partial charge in [-0.25, -0.2) is 4.98 Å². The van der Waals surface area contributed by atoms with Gasteiger partial charge in [0.05, 0.1) is 6.20 Å². The summed E-state index contributed by atoms with van der Waals surface area (Å²) in [6, 6.07) is 23.2. The molecule has 0 radical (unpaired) electrons. The second-order valence-corrected chi connectivity index (χ2v) is 4.71. The van der Waals surface area contributed by atoms with E-state index in [0.29, 0.717) is 5.69 Å². The van der Waals surface area contributed by atoms with Crippen molar-refractivity contribution in [3.05, 3.63) is 84.9 Å². The van der Waals surface area contributed by atoms with Gasteiger partial charge in [-0.1, -0.05) is 60.7 Å². The number of nitrogens with zero attached hydrogens (tertiary/aromatic N) is 3. The molecule has 1 heterocycles. The van der Waals surface area contributed by atoms with Gasteiger partial charge >= 0.3 is 0 Å². The quantitative estimate of drug-likeness (QED) is 0.451. The first kappa shape index (κ1) is 13.7. The van der Waals surface area contributed by atoms with Crippen molar-refractivity contribution in [3.8, 4) is 6.07 Å². The van der Waals surface area contributed by atoms with Crippen LogP contribution in [0, 0.1) is 11.3 Å². The second kappa shape index (κ2) is 6.47. The van der Waals surface area contributed by atoms with Crippen LogP contribution < -0.4 is 0 Å². The van der Waals surface area contributed by atoms with Crippen LogP contribution in [0.1, 0.15) is 5.69 Å². The van der Waals surface area contributed by atoms with Crippen molar-refractivity contribution in [2.24, 2.45) is 0 Å². The lowest BCUT2D eigenvalue weighted by Gasteiger charge is -2.02. The SMILES string of the molecule is N#Cc1cnccn1.c1ccc2c(c1)ccc1ccccc12. The molecule has 0 spiro atoms. The molecule has 0 N–H and O–H groups in total. The van der Waals surface area contributed by atoms with E-state index in [1.54, 1.807) is 0 Å². The van der Waals surface area contributed by atoms with Gasteiger partial charge in [0, 0.05) is 12.4 Å². The number of hydrogen-bond acceptors (Lipinski definition) is 3. The van der Waals surface area contributed by atoms with Crippen LogP contribution in [0.25, 0.3) is 21.5 Å². The van der Waals surface area contributed by atoms with Crippen molar-refractivity contribution in [1.29, 1.82) is 5.26 Å². The van der Waals surface area contributed by atoms with E-state index < -0.39 is 0 Å². The van der Waals surface area contributed by atoms with E-state index in [-0.39, 0.29) is 0 Å². The Labute approximate surface area is 128 Å². The maximum atomic E-state index is 8.19. The average molecular weight is 283 g/mol. The van der Waals surface area contributed by atoms with Crippen LogP contribution in [0.15, 0.2) is 79.3 Å². The highest BCUT2D eigenvalue weighted by molar-refractivity contribution is 6.07. The van der Waals surface area contributed by atoms with Gasteiger partial charge in [-0.2, -0.15) is 5.26 Å². The lowest BCUT2D eigenvalue weighted by Crippen LogP contribution is -1.79. The third kappa shape index (κ3) is 2.92. The standard InChI is InChI=1S/C14H10.C5H3N3/c1-3-7-13-11(5-1)9-10-12-6-2-4-8-14(12)13;6-3-5-4-7-1-2-8-5/h1-10H;1-2,4H. The number of fused-ring (bicyclic) bond motifs is 3. The van der Waals surface area contributed by atoms with Gasteiger partial charge in [-0.3, -0.25) is 4.98 Å². The smallest absolute Gasteiger partial charge is 0.158 e. The Kier molecular flexibility index (Phi) is 4.03. The predicted octanol–water partition coefficient (Wildman–Crippen LogP) is 4.34. The minimum absolute atomic E-state index is 0.354. The number of hydrogen-bond donors (Lipinski definition) is 0. The highest BCUT2D eigenvalue weighted by atomic mass is 14.8. The Morgan fingerprint density at radius 2 is 1.32 bits per heavy atom. The van der Waals surface area contributed by atoms with Crippen LogP contribution in [0.2, 0.25) is 0 Å². The molecule has 0 aliphatic rings. The summed E-state index contributed by atoms with van der Waals surface area (Å²) in [5, 5.41) is 13.5. The van der Waals surface area contributed by atoms with Crippen LogP contribution >= 0.6 is 0 Å². The highest BCUT2D eigenvalue weighted by Crippen LogP contribution is 2.24. The Hall–Kier alpha value is -3.25. The fourth-order valence-corrected chi connectivity index (χ4v) is 2.31. The fourth-order valence-electron chi connectivity index (χ4n) is 2.31. The van der Waals surface area contributed by atoms with Crippen molar-refractivity contribution in [2.75, 3.05) is 0 Å². The average Bonchev–Trinajstić information content (AvgIpc) is 2.63. The number of benzene rings is 3. The zero-order valence-electron chi connectivity index (χ0n) is 11.8. The minimum Gasteiger partial charge on any atom is -0.260 e. The lowest BCUT2D eigenvalue weighted by atomic mass is 10.0. The van der Waals surface area contributed by atoms with Crippen LogP contribution in [0.3, 0.4) is 0 Å². The molecule has 3 aromatic carbocycles. The lowest BCUT2D eigenvalue weighted by molar-refractivity contribution is 1.16. The molecule has 0 amide bonds. The highest BCUT2D eigenvalue weighted by Gasteiger charge is 1.97. The monoisotopic (exact) mass is 283 g/mol. The van der Waals surface area contributed by atoms with E-state index in [9.17, 15) is 0 Å². The molecule has 4 aromatic rings. The molecular weight excluding hydrogens is 270 g/mol. The second-order valence-electron chi connectivity index (χ2n) is 4.71. The number of aromatic nitrogens is 2. The predicted molar refractivity (Wildman–Crippen MR) is 88.2 cm³/mol. The summed E-state index contributed by atoms with van der Waals surface area (Å²) in [6.07, 6.45) is 4.43. The van der Waals surface area contributed by atoms with Gasteiger partial charge < -0.3 is 0 Å². The Bertz CT molecular complexity index is 886. The molecule has 3 nitrogen and oxygen atoms in total. The van der Waals surface area contributed by atoms with Gasteiger partial charge in [-0.05, 0) is 21.5 Å². The first-order valence-corrected chi connectivity index (χ1v) is 6.91. The maximum absolute atomic E-state index is 8.19. The molecule has 3 heteroatoms. The van der Waals surface area contributed by atoms with Gasteiger partial charge in [0.25, 0.3) is 0 Å². The van der Waals surface area contributed by atoms with Crippen LogP contribution in [-0.4, -0.2) is 9.97 Å². The zero-order valence-corrected chi connectivity index (χ0v) is 11.8.